The van der Waals surface area contributed by atoms with Crippen LogP contribution in [0.4, 0.5) is 0 Å². The molecule has 1 N–H and O–H groups in total. The zero-order chi connectivity index (χ0) is 11.1. The van der Waals surface area contributed by atoms with Gasteiger partial charge in [-0.3, -0.25) is 4.98 Å². The fourth-order valence-electron chi connectivity index (χ4n) is 0.695. The van der Waals surface area contributed by atoms with Crippen molar-refractivity contribution in [2.24, 2.45) is 0 Å². The average Bonchev–Trinajstić information content (AvgIpc) is 2.23. The van der Waals surface area contributed by atoms with Crippen molar-refractivity contribution in [2.75, 3.05) is 13.2 Å². The summed E-state index contributed by atoms with van der Waals surface area (Å²) in [6.07, 6.45) is 9.92. The van der Waals surface area contributed by atoms with Crippen LogP contribution < -0.4 is 15.2 Å². The largest absolute Gasteiger partial charge is 0.451 e. The summed E-state index contributed by atoms with van der Waals surface area (Å²) in [6, 6.07) is -0.205. The van der Waals surface area contributed by atoms with Crippen LogP contribution in [0.1, 0.15) is 0 Å². The second-order valence-electron chi connectivity index (χ2n) is 2.23. The van der Waals surface area contributed by atoms with Crippen LogP contribution in [0.25, 0.3) is 0 Å². The molecule has 1 aromatic heterocycles. The minimum atomic E-state index is -0.649. The maximum absolute atomic E-state index is 11.0. The third-order valence-electron chi connectivity index (χ3n) is 1.19. The normalized spacial score (nSPS) is 8.67. The number of hydrogen-bond acceptors (Lipinski definition) is 5. The smallest absolute Gasteiger partial charge is 0.353 e. The average molecular weight is 205 g/mol. The molecule has 0 fully saturated rings. The van der Waals surface area contributed by atoms with Crippen molar-refractivity contribution in [1.29, 1.82) is 0 Å². The van der Waals surface area contributed by atoms with Crippen LogP contribution in [0.5, 0.6) is 12.0 Å². The van der Waals surface area contributed by atoms with E-state index in [0.29, 0.717) is 0 Å². The van der Waals surface area contributed by atoms with Gasteiger partial charge in [-0.25, -0.2) is 4.79 Å². The van der Waals surface area contributed by atoms with Gasteiger partial charge in [-0.1, -0.05) is 11.8 Å². The van der Waals surface area contributed by atoms with E-state index in [4.69, 9.17) is 22.3 Å². The summed E-state index contributed by atoms with van der Waals surface area (Å²) >= 11 is 0. The molecule has 1 heterocycles. The van der Waals surface area contributed by atoms with Gasteiger partial charge in [0.05, 0.1) is 0 Å². The monoisotopic (exact) mass is 205 g/mol. The van der Waals surface area contributed by atoms with Gasteiger partial charge in [0.2, 0.25) is 0 Å². The van der Waals surface area contributed by atoms with Crippen LogP contribution in [0.2, 0.25) is 0 Å². The van der Waals surface area contributed by atoms with Crippen molar-refractivity contribution >= 4 is 0 Å². The quantitative estimate of drug-likeness (QED) is 0.650. The molecule has 0 aliphatic rings. The number of hydrogen-bond donors (Lipinski definition) is 1. The van der Waals surface area contributed by atoms with E-state index in [2.05, 4.69) is 26.8 Å². The van der Waals surface area contributed by atoms with Crippen LogP contribution >= 0.6 is 0 Å². The molecule has 76 valence electrons. The molecule has 0 saturated heterocycles. The number of H-pyrrole nitrogens is 1. The second kappa shape index (κ2) is 5.30. The van der Waals surface area contributed by atoms with Crippen LogP contribution in [0, 0.1) is 24.7 Å². The number of rotatable bonds is 4. The van der Waals surface area contributed by atoms with Gasteiger partial charge in [-0.15, -0.1) is 22.8 Å². The predicted octanol–water partition coefficient (Wildman–Crippen LogP) is -0.811. The Morgan fingerprint density at radius 1 is 1.20 bits per heavy atom. The third kappa shape index (κ3) is 3.41. The second-order valence-corrected chi connectivity index (χ2v) is 2.23. The molecule has 1 rings (SSSR count). The Bertz CT molecular complexity index is 427. The summed E-state index contributed by atoms with van der Waals surface area (Å²) < 4.78 is 9.73. The Kier molecular flexibility index (Phi) is 3.75. The fourth-order valence-corrected chi connectivity index (χ4v) is 0.695. The van der Waals surface area contributed by atoms with E-state index in [1.54, 1.807) is 0 Å². The first kappa shape index (κ1) is 10.6. The van der Waals surface area contributed by atoms with Crippen LogP contribution in [0.3, 0.4) is 0 Å². The highest BCUT2D eigenvalue weighted by Gasteiger charge is 2.03. The van der Waals surface area contributed by atoms with Gasteiger partial charge in [0.25, 0.3) is 0 Å². The summed E-state index contributed by atoms with van der Waals surface area (Å²) in [5.41, 5.74) is -0.649. The van der Waals surface area contributed by atoms with Gasteiger partial charge in [0.1, 0.15) is 0 Å². The number of ether oxygens (including phenoxy) is 2. The summed E-state index contributed by atoms with van der Waals surface area (Å²) in [4.78, 5) is 20.3. The van der Waals surface area contributed by atoms with Crippen molar-refractivity contribution in [3.8, 4) is 36.7 Å². The first-order chi connectivity index (χ1) is 7.26. The lowest BCUT2D eigenvalue weighted by Gasteiger charge is -2.02. The summed E-state index contributed by atoms with van der Waals surface area (Å²) in [5.74, 6) is 4.43. The highest BCUT2D eigenvalue weighted by molar-refractivity contribution is 5.02. The molecule has 0 saturated carbocycles. The van der Waals surface area contributed by atoms with Crippen LogP contribution in [-0.2, 0) is 0 Å². The molecule has 15 heavy (non-hydrogen) atoms. The molecule has 0 bridgehead atoms. The van der Waals surface area contributed by atoms with E-state index in [-0.39, 0.29) is 25.2 Å². The summed E-state index contributed by atoms with van der Waals surface area (Å²) in [5, 5.41) is 0. The number of aromatic amines is 1. The lowest BCUT2D eigenvalue weighted by Crippen LogP contribution is -2.16. The number of nitrogens with one attached hydrogen (secondary N) is 1. The first-order valence-electron chi connectivity index (χ1n) is 3.87. The maximum atomic E-state index is 11.0. The van der Waals surface area contributed by atoms with E-state index in [0.717, 1.165) is 0 Å². The number of terminal acetylenes is 2. The molecule has 0 spiro atoms. The molecule has 0 aromatic carbocycles. The van der Waals surface area contributed by atoms with E-state index < -0.39 is 5.69 Å². The lowest BCUT2D eigenvalue weighted by atomic mass is 10.7. The Labute approximate surface area is 85.7 Å². The van der Waals surface area contributed by atoms with E-state index in [9.17, 15) is 4.79 Å². The molecule has 6 nitrogen and oxygen atoms in total. The Morgan fingerprint density at radius 3 is 2.53 bits per heavy atom. The fraction of sp³-hybridized carbons (Fsp3) is 0.222. The zero-order valence-electron chi connectivity index (χ0n) is 7.69. The van der Waals surface area contributed by atoms with Crippen LogP contribution in [-0.4, -0.2) is 28.2 Å². The van der Waals surface area contributed by atoms with E-state index in [1.165, 1.54) is 0 Å². The van der Waals surface area contributed by atoms with Gasteiger partial charge in [-0.2, -0.15) is 0 Å². The van der Waals surface area contributed by atoms with Gasteiger partial charge < -0.3 is 9.47 Å². The summed E-state index contributed by atoms with van der Waals surface area (Å²) in [7, 11) is 0. The highest BCUT2D eigenvalue weighted by atomic mass is 16.5. The van der Waals surface area contributed by atoms with E-state index in [1.807, 2.05) is 0 Å². The van der Waals surface area contributed by atoms with Crippen molar-refractivity contribution in [2.45, 2.75) is 0 Å². The van der Waals surface area contributed by atoms with Crippen molar-refractivity contribution < 1.29 is 9.47 Å². The molecule has 1 aromatic rings. The highest BCUT2D eigenvalue weighted by Crippen LogP contribution is 2.03. The predicted molar refractivity (Wildman–Crippen MR) is 51.3 cm³/mol. The van der Waals surface area contributed by atoms with Gasteiger partial charge in [-0.05, 0) is 0 Å². The third-order valence-corrected chi connectivity index (χ3v) is 1.19. The molecular weight excluding hydrogens is 198 g/mol. The Morgan fingerprint density at radius 2 is 1.87 bits per heavy atom. The maximum Gasteiger partial charge on any atom is 0.353 e. The molecule has 6 heteroatoms. The van der Waals surface area contributed by atoms with Crippen molar-refractivity contribution in [1.82, 2.24) is 15.0 Å². The zero-order valence-corrected chi connectivity index (χ0v) is 7.69. The van der Waals surface area contributed by atoms with E-state index >= 15 is 0 Å². The topological polar surface area (TPSA) is 77.1 Å². The molecule has 0 radical (unpaired) electrons. The number of aromatic nitrogens is 3. The van der Waals surface area contributed by atoms with Crippen molar-refractivity contribution in [3.05, 3.63) is 10.5 Å². The van der Waals surface area contributed by atoms with Gasteiger partial charge in [0.15, 0.2) is 13.2 Å². The molecule has 0 atom stereocenters. The van der Waals surface area contributed by atoms with Crippen molar-refractivity contribution in [3.63, 3.8) is 0 Å². The minimum absolute atomic E-state index is 0.0124. The molecule has 0 aliphatic heterocycles. The molecule has 0 aliphatic carbocycles. The molecule has 0 amide bonds. The minimum Gasteiger partial charge on any atom is -0.451 e. The first-order valence-corrected chi connectivity index (χ1v) is 3.87. The Hall–Kier alpha value is -2.47. The van der Waals surface area contributed by atoms with Gasteiger partial charge in [0, 0.05) is 0 Å². The lowest BCUT2D eigenvalue weighted by molar-refractivity contribution is 0.301. The molecule has 0 unspecified atom stereocenters. The summed E-state index contributed by atoms with van der Waals surface area (Å²) in [6.45, 7) is -0.0421. The van der Waals surface area contributed by atoms with Crippen LogP contribution in [0.15, 0.2) is 4.79 Å². The number of nitrogens with zero attached hydrogens (tertiary/aromatic N) is 2. The SMILES string of the molecule is C#CCOc1nc(OCC#C)[nH]c(=O)n1. The Balaban J connectivity index is 2.82. The molecular formula is C9H7N3O3. The van der Waals surface area contributed by atoms with Gasteiger partial charge >= 0.3 is 17.7 Å². The standard InChI is InChI=1S/C9H7N3O3/c1-3-5-14-8-10-7(13)11-9(12-8)15-6-4-2/h1-2H,5-6H2,(H,10,11,12,13).